The SMILES string of the molecule is CCCC1O[C@@H]2C[C@H]3[C@@H]4CC=C5CC(=O)C=C[C@]5(C)[C@H]4[C@@H](O)C[C@]3(C)C2(C(=O)COC(=O)CNC(=O)CCCCCO[N+](=O)[O-])O1. The number of carbonyl (C=O) groups excluding carboxylic acids is 4. The van der Waals surface area contributed by atoms with E-state index in [1.807, 2.05) is 19.9 Å². The zero-order valence-corrected chi connectivity index (χ0v) is 26.9. The molecule has 0 radical (unpaired) electrons. The van der Waals surface area contributed by atoms with Gasteiger partial charge in [-0.05, 0) is 56.4 Å². The molecular weight excluding hydrogens is 600 g/mol. The number of aliphatic hydroxyl groups is 1. The van der Waals surface area contributed by atoms with Gasteiger partial charge in [0.2, 0.25) is 11.7 Å². The van der Waals surface area contributed by atoms with Crippen molar-refractivity contribution >= 4 is 23.4 Å². The van der Waals surface area contributed by atoms with Crippen molar-refractivity contribution in [2.24, 2.45) is 28.6 Å². The van der Waals surface area contributed by atoms with Crippen LogP contribution in [0, 0.1) is 38.7 Å². The van der Waals surface area contributed by atoms with Crippen LogP contribution in [-0.4, -0.2) is 77.5 Å². The standard InChI is InChI=1S/C33H46N2O11/c1-4-8-29-45-26-16-23-22-11-10-20-15-21(36)12-13-31(20,2)30(22)24(37)17-32(23,3)33(26,46-29)25(38)19-43-28(40)18-34-27(39)9-6-5-7-14-44-35(41)42/h10,12-13,22-24,26,29-30,37H,4-9,11,14-19H2,1-3H3,(H,34,39)/t22-,23-,24-,26+,29?,30+,31-,32-,33?/m0/s1. The zero-order valence-electron chi connectivity index (χ0n) is 26.9. The topological polar surface area (TPSA) is 181 Å². The number of hydrogen-bond donors (Lipinski definition) is 2. The van der Waals surface area contributed by atoms with E-state index in [1.165, 1.54) is 0 Å². The molecule has 0 aromatic heterocycles. The van der Waals surface area contributed by atoms with Gasteiger partial charge in [-0.25, -0.2) is 0 Å². The van der Waals surface area contributed by atoms with Crippen LogP contribution in [0.2, 0.25) is 0 Å². The van der Waals surface area contributed by atoms with Crippen molar-refractivity contribution in [2.45, 2.75) is 109 Å². The van der Waals surface area contributed by atoms with E-state index in [2.05, 4.69) is 23.2 Å². The summed E-state index contributed by atoms with van der Waals surface area (Å²) in [6, 6.07) is 0. The number of fused-ring (bicyclic) bond motifs is 7. The maximum atomic E-state index is 14.2. The molecular formula is C33H46N2O11. The summed E-state index contributed by atoms with van der Waals surface area (Å²) in [7, 11) is 0. The molecule has 1 heterocycles. The quantitative estimate of drug-likeness (QED) is 0.0930. The van der Waals surface area contributed by atoms with Gasteiger partial charge in [0.05, 0.1) is 18.8 Å². The van der Waals surface area contributed by atoms with E-state index in [9.17, 15) is 34.4 Å². The van der Waals surface area contributed by atoms with Crippen molar-refractivity contribution in [3.05, 3.63) is 33.9 Å². The lowest BCUT2D eigenvalue weighted by atomic mass is 9.47. The van der Waals surface area contributed by atoms with Crippen LogP contribution in [0.3, 0.4) is 0 Å². The summed E-state index contributed by atoms with van der Waals surface area (Å²) in [5.41, 5.74) is -1.61. The maximum Gasteiger partial charge on any atom is 0.325 e. The Kier molecular flexibility index (Phi) is 10.0. The Labute approximate surface area is 268 Å². The molecule has 0 spiro atoms. The number of unbranched alkanes of at least 4 members (excludes halogenated alkanes) is 2. The Hall–Kier alpha value is -3.16. The van der Waals surface area contributed by atoms with Crippen molar-refractivity contribution < 1.29 is 48.4 Å². The molecule has 3 fully saturated rings. The van der Waals surface area contributed by atoms with Gasteiger partial charge in [0.15, 0.2) is 24.3 Å². The highest BCUT2D eigenvalue weighted by Gasteiger charge is 2.75. The minimum absolute atomic E-state index is 0.0146. The molecule has 5 aliphatic rings. The Morgan fingerprint density at radius 1 is 1.22 bits per heavy atom. The van der Waals surface area contributed by atoms with Gasteiger partial charge in [-0.3, -0.25) is 19.2 Å². The third-order valence-corrected chi connectivity index (χ3v) is 11.2. The number of ketones is 2. The Bertz CT molecular complexity index is 1300. The molecule has 5 rings (SSSR count). The molecule has 2 saturated carbocycles. The van der Waals surface area contributed by atoms with Crippen LogP contribution >= 0.6 is 0 Å². The van der Waals surface area contributed by atoms with Crippen molar-refractivity contribution in [2.75, 3.05) is 19.8 Å². The molecule has 0 aromatic rings. The number of allylic oxidation sites excluding steroid dienone is 4. The van der Waals surface area contributed by atoms with Gasteiger partial charge in [0, 0.05) is 29.6 Å². The molecule has 1 amide bonds. The summed E-state index contributed by atoms with van der Waals surface area (Å²) in [5, 5.41) is 23.6. The largest absolute Gasteiger partial charge is 0.456 e. The zero-order chi connectivity index (χ0) is 33.3. The maximum absolute atomic E-state index is 14.2. The fourth-order valence-electron chi connectivity index (χ4n) is 9.18. The van der Waals surface area contributed by atoms with Crippen LogP contribution in [-0.2, 0) is 38.2 Å². The molecule has 0 bridgehead atoms. The minimum Gasteiger partial charge on any atom is -0.456 e. The Morgan fingerprint density at radius 3 is 2.74 bits per heavy atom. The molecule has 0 aromatic carbocycles. The number of esters is 1. The molecule has 13 nitrogen and oxygen atoms in total. The smallest absolute Gasteiger partial charge is 0.325 e. The number of nitrogens with one attached hydrogen (secondary N) is 1. The van der Waals surface area contributed by atoms with Crippen LogP contribution < -0.4 is 5.32 Å². The van der Waals surface area contributed by atoms with Gasteiger partial charge in [0.25, 0.3) is 5.09 Å². The van der Waals surface area contributed by atoms with Crippen LogP contribution in [0.4, 0.5) is 0 Å². The van der Waals surface area contributed by atoms with Gasteiger partial charge >= 0.3 is 5.97 Å². The molecule has 2 unspecified atom stereocenters. The predicted molar refractivity (Wildman–Crippen MR) is 161 cm³/mol. The molecule has 254 valence electrons. The lowest BCUT2D eigenvalue weighted by Crippen LogP contribution is -2.63. The summed E-state index contributed by atoms with van der Waals surface area (Å²) in [6.07, 6.45) is 8.69. The summed E-state index contributed by atoms with van der Waals surface area (Å²) in [5.74, 6) is -1.59. The second-order valence-corrected chi connectivity index (χ2v) is 13.9. The summed E-state index contributed by atoms with van der Waals surface area (Å²) in [6.45, 7) is 5.10. The summed E-state index contributed by atoms with van der Waals surface area (Å²) < 4.78 is 18.3. The highest BCUT2D eigenvalue weighted by atomic mass is 16.9. The minimum atomic E-state index is -1.41. The van der Waals surface area contributed by atoms with E-state index in [1.54, 1.807) is 6.08 Å². The van der Waals surface area contributed by atoms with Crippen LogP contribution in [0.1, 0.15) is 85.0 Å². The first-order valence-corrected chi connectivity index (χ1v) is 16.5. The normalized spacial score (nSPS) is 37.3. The Morgan fingerprint density at radius 2 is 2.00 bits per heavy atom. The number of nitrogens with zero attached hydrogens (tertiary/aromatic N) is 1. The van der Waals surface area contributed by atoms with Crippen LogP contribution in [0.15, 0.2) is 23.8 Å². The number of ether oxygens (including phenoxy) is 3. The van der Waals surface area contributed by atoms with Crippen molar-refractivity contribution in [1.29, 1.82) is 0 Å². The molecule has 2 N–H and O–H groups in total. The molecule has 46 heavy (non-hydrogen) atoms. The van der Waals surface area contributed by atoms with Gasteiger partial charge in [-0.15, -0.1) is 10.1 Å². The number of aliphatic hydroxyl groups excluding tert-OH is 1. The second kappa shape index (κ2) is 13.5. The number of hydrogen-bond acceptors (Lipinski definition) is 11. The first-order chi connectivity index (χ1) is 21.9. The van der Waals surface area contributed by atoms with Crippen molar-refractivity contribution in [3.8, 4) is 0 Å². The van der Waals surface area contributed by atoms with E-state index >= 15 is 0 Å². The third-order valence-electron chi connectivity index (χ3n) is 11.2. The molecule has 9 atom stereocenters. The van der Waals surface area contributed by atoms with E-state index in [4.69, 9.17) is 14.2 Å². The number of rotatable bonds is 14. The highest BCUT2D eigenvalue weighted by molar-refractivity contribution is 5.94. The third kappa shape index (κ3) is 6.13. The monoisotopic (exact) mass is 646 g/mol. The lowest BCUT2D eigenvalue weighted by Gasteiger charge is -2.59. The average molecular weight is 647 g/mol. The van der Waals surface area contributed by atoms with Gasteiger partial charge in [0.1, 0.15) is 6.54 Å². The van der Waals surface area contributed by atoms with Gasteiger partial charge < -0.3 is 29.5 Å². The Balaban J connectivity index is 1.24. The number of amides is 1. The first-order valence-electron chi connectivity index (χ1n) is 16.5. The van der Waals surface area contributed by atoms with E-state index in [-0.39, 0.29) is 42.5 Å². The molecule has 1 saturated heterocycles. The predicted octanol–water partition coefficient (Wildman–Crippen LogP) is 3.15. The lowest BCUT2D eigenvalue weighted by molar-refractivity contribution is -0.757. The summed E-state index contributed by atoms with van der Waals surface area (Å²) in [4.78, 5) is 65.5. The highest BCUT2D eigenvalue weighted by Crippen LogP contribution is 2.69. The van der Waals surface area contributed by atoms with Gasteiger partial charge in [-0.1, -0.05) is 51.3 Å². The second-order valence-electron chi connectivity index (χ2n) is 13.9. The van der Waals surface area contributed by atoms with Gasteiger partial charge in [-0.2, -0.15) is 0 Å². The average Bonchev–Trinajstić information content (AvgIpc) is 3.48. The fourth-order valence-corrected chi connectivity index (χ4v) is 9.18. The van der Waals surface area contributed by atoms with Crippen LogP contribution in [0.25, 0.3) is 0 Å². The first kappa shape index (κ1) is 34.2. The molecule has 4 aliphatic carbocycles. The molecule has 1 aliphatic heterocycles. The van der Waals surface area contributed by atoms with Crippen molar-refractivity contribution in [3.63, 3.8) is 0 Å². The van der Waals surface area contributed by atoms with E-state index < -0.39 is 64.9 Å². The van der Waals surface area contributed by atoms with Crippen molar-refractivity contribution in [1.82, 2.24) is 5.32 Å². The van der Waals surface area contributed by atoms with Crippen LogP contribution in [0.5, 0.6) is 0 Å². The fraction of sp³-hybridized carbons (Fsp3) is 0.758. The molecule has 13 heteroatoms. The van der Waals surface area contributed by atoms with E-state index in [0.29, 0.717) is 51.4 Å². The number of Topliss-reactive ketones (excluding diaryl/α,β-unsaturated/α-hetero) is 1. The summed E-state index contributed by atoms with van der Waals surface area (Å²) >= 11 is 0. The van der Waals surface area contributed by atoms with E-state index in [0.717, 1.165) is 12.0 Å². The number of carbonyl (C=O) groups is 4.